The van der Waals surface area contributed by atoms with E-state index in [0.717, 1.165) is 11.6 Å². The van der Waals surface area contributed by atoms with Crippen LogP contribution in [0.15, 0.2) is 66.9 Å². The van der Waals surface area contributed by atoms with Gasteiger partial charge in [0.1, 0.15) is 22.8 Å². The van der Waals surface area contributed by atoms with Gasteiger partial charge in [-0.2, -0.15) is 5.10 Å². The number of rotatable bonds is 5. The summed E-state index contributed by atoms with van der Waals surface area (Å²) < 4.78 is 35.6. The highest BCUT2D eigenvalue weighted by Gasteiger charge is 2.20. The molecule has 3 aromatic carbocycles. The number of nitro groups is 1. The number of nitro benzene ring substituents is 1. The Balaban J connectivity index is 1.84. The summed E-state index contributed by atoms with van der Waals surface area (Å²) in [6.45, 7) is 2.41. The number of hydrogen-bond donors (Lipinski definition) is 0. The van der Waals surface area contributed by atoms with Gasteiger partial charge < -0.3 is 4.74 Å². The highest BCUT2D eigenvalue weighted by molar-refractivity contribution is 6.08. The maximum atomic E-state index is 14.5. The summed E-state index contributed by atoms with van der Waals surface area (Å²) in [5.41, 5.74) is 1.86. The van der Waals surface area contributed by atoms with Gasteiger partial charge in [-0.05, 0) is 43.3 Å². The first-order chi connectivity index (χ1) is 16.0. The molecule has 0 amide bonds. The summed E-state index contributed by atoms with van der Waals surface area (Å²) in [6.07, 6.45) is 1.48. The van der Waals surface area contributed by atoms with Crippen molar-refractivity contribution >= 4 is 27.5 Å². The fourth-order valence-corrected chi connectivity index (χ4v) is 3.83. The van der Waals surface area contributed by atoms with E-state index >= 15 is 0 Å². The van der Waals surface area contributed by atoms with Gasteiger partial charge in [-0.1, -0.05) is 6.07 Å². The van der Waals surface area contributed by atoms with Gasteiger partial charge in [0.2, 0.25) is 0 Å². The molecule has 5 rings (SSSR count). The van der Waals surface area contributed by atoms with Crippen LogP contribution in [-0.2, 0) is 0 Å². The average Bonchev–Trinajstić information content (AvgIpc) is 3.20. The van der Waals surface area contributed by atoms with Crippen molar-refractivity contribution in [2.75, 3.05) is 6.61 Å². The normalized spacial score (nSPS) is 11.2. The molecule has 0 aliphatic rings. The van der Waals surface area contributed by atoms with E-state index in [1.165, 1.54) is 35.1 Å². The molecule has 0 aliphatic heterocycles. The van der Waals surface area contributed by atoms with Crippen LogP contribution in [0, 0.1) is 21.7 Å². The van der Waals surface area contributed by atoms with E-state index in [9.17, 15) is 18.9 Å². The van der Waals surface area contributed by atoms with Crippen LogP contribution < -0.4 is 4.74 Å². The highest BCUT2D eigenvalue weighted by atomic mass is 19.1. The molecule has 0 saturated carbocycles. The summed E-state index contributed by atoms with van der Waals surface area (Å²) in [7, 11) is 0. The molecule has 0 fully saturated rings. The van der Waals surface area contributed by atoms with Gasteiger partial charge in [0.25, 0.3) is 5.69 Å². The fraction of sp³-hybridized carbons (Fsp3) is 0.0833. The van der Waals surface area contributed by atoms with Crippen molar-refractivity contribution in [2.45, 2.75) is 6.92 Å². The van der Waals surface area contributed by atoms with Crippen LogP contribution in [0.4, 0.5) is 14.5 Å². The molecule has 5 aromatic rings. The second kappa shape index (κ2) is 7.94. The van der Waals surface area contributed by atoms with Crippen molar-refractivity contribution in [3.8, 4) is 22.7 Å². The molecule has 0 N–H and O–H groups in total. The summed E-state index contributed by atoms with van der Waals surface area (Å²) in [5.74, 6) is -0.874. The van der Waals surface area contributed by atoms with Crippen molar-refractivity contribution in [3.05, 3.63) is 88.6 Å². The molecule has 7 nitrogen and oxygen atoms in total. The van der Waals surface area contributed by atoms with E-state index in [1.807, 2.05) is 19.1 Å². The largest absolute Gasteiger partial charge is 0.494 e. The second-order valence-corrected chi connectivity index (χ2v) is 7.30. The number of halogens is 2. The molecule has 33 heavy (non-hydrogen) atoms. The molecule has 2 aromatic heterocycles. The van der Waals surface area contributed by atoms with Gasteiger partial charge >= 0.3 is 0 Å². The predicted octanol–water partition coefficient (Wildman–Crippen LogP) is 5.83. The van der Waals surface area contributed by atoms with Gasteiger partial charge in [0.05, 0.1) is 22.7 Å². The Labute approximate surface area is 186 Å². The van der Waals surface area contributed by atoms with Gasteiger partial charge in [0.15, 0.2) is 5.82 Å². The van der Waals surface area contributed by atoms with Crippen molar-refractivity contribution in [3.63, 3.8) is 0 Å². The number of nitrogens with zero attached hydrogens (tertiary/aromatic N) is 4. The lowest BCUT2D eigenvalue weighted by Crippen LogP contribution is -1.99. The van der Waals surface area contributed by atoms with Crippen LogP contribution >= 0.6 is 0 Å². The van der Waals surface area contributed by atoms with E-state index in [0.29, 0.717) is 34.6 Å². The minimum Gasteiger partial charge on any atom is -0.494 e. The molecule has 2 heterocycles. The Morgan fingerprint density at radius 1 is 1.06 bits per heavy atom. The molecule has 0 spiro atoms. The van der Waals surface area contributed by atoms with Crippen LogP contribution in [0.3, 0.4) is 0 Å². The quantitative estimate of drug-likeness (QED) is 0.251. The van der Waals surface area contributed by atoms with Gasteiger partial charge in [0, 0.05) is 40.7 Å². The summed E-state index contributed by atoms with van der Waals surface area (Å²) in [4.78, 5) is 15.0. The molecular formula is C24H16F2N4O3. The third-order valence-electron chi connectivity index (χ3n) is 5.25. The van der Waals surface area contributed by atoms with Crippen molar-refractivity contribution in [2.24, 2.45) is 0 Å². The Hall–Kier alpha value is -4.40. The molecule has 9 heteroatoms. The number of non-ortho nitro benzene ring substituents is 1. The molecule has 0 atom stereocenters. The SMILES string of the molecule is CCOc1ccc(-c2nn(-c3cccc([N+](=O)[O-])c3)c3c2cnc2c(F)cc(F)cc23)cc1. The highest BCUT2D eigenvalue weighted by Crippen LogP contribution is 2.35. The van der Waals surface area contributed by atoms with E-state index < -0.39 is 16.6 Å². The first-order valence-corrected chi connectivity index (χ1v) is 10.1. The number of benzene rings is 3. The van der Waals surface area contributed by atoms with E-state index in [-0.39, 0.29) is 16.6 Å². The molecule has 0 unspecified atom stereocenters. The monoisotopic (exact) mass is 446 g/mol. The standard InChI is InChI=1S/C24H16F2N4O3/c1-2-33-18-8-6-14(7-9-18)22-20-13-27-23-19(10-15(25)11-21(23)26)24(20)29(28-22)16-4-3-5-17(12-16)30(31)32/h3-13H,2H2,1H3. The van der Waals surface area contributed by atoms with Crippen molar-refractivity contribution in [1.82, 2.24) is 14.8 Å². The Morgan fingerprint density at radius 2 is 1.85 bits per heavy atom. The third kappa shape index (κ3) is 3.53. The van der Waals surface area contributed by atoms with Gasteiger partial charge in [-0.25, -0.2) is 13.5 Å². The first kappa shape index (κ1) is 20.5. The summed E-state index contributed by atoms with van der Waals surface area (Å²) in [6, 6.07) is 15.1. The topological polar surface area (TPSA) is 83.1 Å². The van der Waals surface area contributed by atoms with Crippen LogP contribution in [0.25, 0.3) is 38.8 Å². The Morgan fingerprint density at radius 3 is 2.58 bits per heavy atom. The molecule has 0 saturated heterocycles. The summed E-state index contributed by atoms with van der Waals surface area (Å²) >= 11 is 0. The minimum atomic E-state index is -0.804. The molecule has 164 valence electrons. The van der Waals surface area contributed by atoms with E-state index in [2.05, 4.69) is 10.1 Å². The number of pyridine rings is 1. The zero-order valence-corrected chi connectivity index (χ0v) is 17.3. The lowest BCUT2D eigenvalue weighted by molar-refractivity contribution is -0.384. The fourth-order valence-electron chi connectivity index (χ4n) is 3.83. The van der Waals surface area contributed by atoms with Crippen molar-refractivity contribution < 1.29 is 18.4 Å². The molecule has 0 radical (unpaired) electrons. The predicted molar refractivity (Wildman–Crippen MR) is 120 cm³/mol. The van der Waals surface area contributed by atoms with Crippen LogP contribution in [-0.4, -0.2) is 26.3 Å². The van der Waals surface area contributed by atoms with Crippen molar-refractivity contribution in [1.29, 1.82) is 0 Å². The van der Waals surface area contributed by atoms with Gasteiger partial charge in [-0.15, -0.1) is 0 Å². The van der Waals surface area contributed by atoms with E-state index in [4.69, 9.17) is 4.74 Å². The number of aromatic nitrogens is 3. The lowest BCUT2D eigenvalue weighted by atomic mass is 10.1. The lowest BCUT2D eigenvalue weighted by Gasteiger charge is -2.06. The van der Waals surface area contributed by atoms with E-state index in [1.54, 1.807) is 18.2 Å². The molecule has 0 bridgehead atoms. The maximum Gasteiger partial charge on any atom is 0.271 e. The Kier molecular flexibility index (Phi) is 4.93. The van der Waals surface area contributed by atoms with Crippen LogP contribution in [0.2, 0.25) is 0 Å². The van der Waals surface area contributed by atoms with Gasteiger partial charge in [-0.3, -0.25) is 15.1 Å². The number of ether oxygens (including phenoxy) is 1. The summed E-state index contributed by atoms with van der Waals surface area (Å²) in [5, 5.41) is 16.8. The number of fused-ring (bicyclic) bond motifs is 3. The van der Waals surface area contributed by atoms with Crippen LogP contribution in [0.1, 0.15) is 6.92 Å². The third-order valence-corrected chi connectivity index (χ3v) is 5.25. The maximum absolute atomic E-state index is 14.5. The molecule has 0 aliphatic carbocycles. The first-order valence-electron chi connectivity index (χ1n) is 10.1. The molecular weight excluding hydrogens is 430 g/mol. The van der Waals surface area contributed by atoms with Crippen LogP contribution in [0.5, 0.6) is 5.75 Å². The zero-order valence-electron chi connectivity index (χ0n) is 17.3. The Bertz CT molecular complexity index is 1530. The average molecular weight is 446 g/mol. The second-order valence-electron chi connectivity index (χ2n) is 7.30. The number of hydrogen-bond acceptors (Lipinski definition) is 5. The minimum absolute atomic E-state index is 0.0197. The smallest absolute Gasteiger partial charge is 0.271 e. The zero-order chi connectivity index (χ0) is 23.1.